The molecule has 0 N–H and O–H groups in total. The highest BCUT2D eigenvalue weighted by Crippen LogP contribution is 2.48. The average molecular weight is 286 g/mol. The van der Waals surface area contributed by atoms with Crippen molar-refractivity contribution in [3.63, 3.8) is 0 Å². The summed E-state index contributed by atoms with van der Waals surface area (Å²) < 4.78 is 50.1. The minimum absolute atomic E-state index is 0.166. The molecule has 2 atom stereocenters. The highest BCUT2D eigenvalue weighted by molar-refractivity contribution is 7.86. The predicted molar refractivity (Wildman–Crippen MR) is 64.1 cm³/mol. The Morgan fingerprint density at radius 2 is 1.94 bits per heavy atom. The monoisotopic (exact) mass is 286 g/mol. The van der Waals surface area contributed by atoms with E-state index in [2.05, 4.69) is 0 Å². The SMILES string of the molecule is CC1(C)OCC([C@@H](OS(C)(=O)=O)P(C)(C)=O)O1. The molecule has 0 amide bonds. The topological polar surface area (TPSA) is 78.9 Å². The molecule has 1 aliphatic heterocycles. The fourth-order valence-electron chi connectivity index (χ4n) is 1.60. The van der Waals surface area contributed by atoms with Crippen LogP contribution < -0.4 is 0 Å². The maximum Gasteiger partial charge on any atom is 0.265 e. The number of rotatable bonds is 4. The molecule has 1 saturated heterocycles. The number of hydrogen-bond donors (Lipinski definition) is 0. The summed E-state index contributed by atoms with van der Waals surface area (Å²) in [7, 11) is -6.47. The summed E-state index contributed by atoms with van der Waals surface area (Å²) in [5, 5.41) is 0. The van der Waals surface area contributed by atoms with Gasteiger partial charge in [0.1, 0.15) is 13.2 Å². The van der Waals surface area contributed by atoms with Crippen LogP contribution in [0.25, 0.3) is 0 Å². The van der Waals surface area contributed by atoms with Gasteiger partial charge >= 0.3 is 0 Å². The maximum atomic E-state index is 12.1. The van der Waals surface area contributed by atoms with Gasteiger partial charge in [-0.15, -0.1) is 0 Å². The molecule has 0 spiro atoms. The zero-order valence-electron chi connectivity index (χ0n) is 10.7. The zero-order chi connectivity index (χ0) is 13.5. The molecule has 0 radical (unpaired) electrons. The standard InChI is InChI=1S/C9H19O6PS/c1-9(2)13-6-7(14-9)8(16(3,4)10)15-17(5,11)12/h7-8H,6H2,1-5H3/t7?,8-/m0/s1. The van der Waals surface area contributed by atoms with Crippen molar-refractivity contribution < 1.29 is 26.6 Å². The van der Waals surface area contributed by atoms with Gasteiger partial charge in [-0.3, -0.25) is 4.18 Å². The molecule has 0 aliphatic carbocycles. The molecule has 1 heterocycles. The lowest BCUT2D eigenvalue weighted by molar-refractivity contribution is -0.143. The summed E-state index contributed by atoms with van der Waals surface area (Å²) in [6.45, 7) is 6.52. The highest BCUT2D eigenvalue weighted by Gasteiger charge is 2.44. The smallest absolute Gasteiger partial charge is 0.265 e. The Bertz CT molecular complexity index is 423. The molecule has 0 aromatic heterocycles. The quantitative estimate of drug-likeness (QED) is 0.568. The third-order valence-corrected chi connectivity index (χ3v) is 4.60. The van der Waals surface area contributed by atoms with Crippen molar-refractivity contribution in [1.29, 1.82) is 0 Å². The van der Waals surface area contributed by atoms with Crippen LogP contribution in [0.15, 0.2) is 0 Å². The van der Waals surface area contributed by atoms with Crippen molar-refractivity contribution in [2.75, 3.05) is 26.2 Å². The van der Waals surface area contributed by atoms with Crippen LogP contribution >= 0.6 is 7.14 Å². The molecule has 0 aromatic carbocycles. The molecule has 17 heavy (non-hydrogen) atoms. The van der Waals surface area contributed by atoms with Gasteiger partial charge in [-0.1, -0.05) is 0 Å². The predicted octanol–water partition coefficient (Wildman–Crippen LogP) is 1.06. The Labute approximate surface area is 102 Å². The van der Waals surface area contributed by atoms with E-state index >= 15 is 0 Å². The van der Waals surface area contributed by atoms with Gasteiger partial charge in [-0.2, -0.15) is 8.42 Å². The molecule has 1 rings (SSSR count). The van der Waals surface area contributed by atoms with E-state index in [1.807, 2.05) is 0 Å². The molecular weight excluding hydrogens is 267 g/mol. The molecule has 0 aromatic rings. The molecule has 1 aliphatic rings. The first-order valence-electron chi connectivity index (χ1n) is 5.15. The summed E-state index contributed by atoms with van der Waals surface area (Å²) in [5.41, 5.74) is 0. The first-order valence-corrected chi connectivity index (χ1v) is 9.64. The Morgan fingerprint density at radius 1 is 1.41 bits per heavy atom. The second-order valence-electron chi connectivity index (χ2n) is 4.99. The lowest BCUT2D eigenvalue weighted by Gasteiger charge is -2.26. The van der Waals surface area contributed by atoms with Gasteiger partial charge in [-0.05, 0) is 27.2 Å². The Hall–Kier alpha value is 0.0600. The van der Waals surface area contributed by atoms with E-state index in [4.69, 9.17) is 13.7 Å². The van der Waals surface area contributed by atoms with E-state index in [9.17, 15) is 13.0 Å². The molecule has 1 fully saturated rings. The minimum Gasteiger partial charge on any atom is -0.348 e. The van der Waals surface area contributed by atoms with Crippen LogP contribution in [-0.4, -0.2) is 52.3 Å². The fraction of sp³-hybridized carbons (Fsp3) is 1.00. The Balaban J connectivity index is 2.90. The second kappa shape index (κ2) is 4.63. The zero-order valence-corrected chi connectivity index (χ0v) is 12.4. The Kier molecular flexibility index (Phi) is 4.11. The van der Waals surface area contributed by atoms with Crippen LogP contribution in [0.5, 0.6) is 0 Å². The van der Waals surface area contributed by atoms with Gasteiger partial charge < -0.3 is 14.0 Å². The third kappa shape index (κ3) is 4.67. The number of hydrogen-bond acceptors (Lipinski definition) is 6. The summed E-state index contributed by atoms with van der Waals surface area (Å²) in [6, 6.07) is 0. The van der Waals surface area contributed by atoms with E-state index in [1.54, 1.807) is 13.8 Å². The van der Waals surface area contributed by atoms with E-state index in [0.717, 1.165) is 6.26 Å². The van der Waals surface area contributed by atoms with E-state index in [-0.39, 0.29) is 6.61 Å². The second-order valence-corrected chi connectivity index (χ2v) is 9.97. The van der Waals surface area contributed by atoms with Gasteiger partial charge in [0.05, 0.1) is 12.9 Å². The van der Waals surface area contributed by atoms with Crippen molar-refractivity contribution >= 4 is 17.3 Å². The van der Waals surface area contributed by atoms with Gasteiger partial charge in [0, 0.05) is 0 Å². The highest BCUT2D eigenvalue weighted by atomic mass is 32.2. The molecule has 1 unspecified atom stereocenters. The lowest BCUT2D eigenvalue weighted by atomic mass is 10.4. The summed E-state index contributed by atoms with van der Waals surface area (Å²) in [4.78, 5) is 0. The molecule has 0 saturated carbocycles. The minimum atomic E-state index is -3.69. The Morgan fingerprint density at radius 3 is 2.24 bits per heavy atom. The van der Waals surface area contributed by atoms with Crippen LogP contribution in [-0.2, 0) is 28.3 Å². The van der Waals surface area contributed by atoms with Crippen LogP contribution in [0.1, 0.15) is 13.8 Å². The van der Waals surface area contributed by atoms with Gasteiger partial charge in [0.2, 0.25) is 0 Å². The normalized spacial score (nSPS) is 27.0. The molecule has 102 valence electrons. The van der Waals surface area contributed by atoms with Crippen molar-refractivity contribution in [2.24, 2.45) is 0 Å². The lowest BCUT2D eigenvalue weighted by Crippen LogP contribution is -2.34. The first-order chi connectivity index (χ1) is 7.41. The molecule has 0 bridgehead atoms. The maximum absolute atomic E-state index is 12.1. The van der Waals surface area contributed by atoms with Crippen molar-refractivity contribution in [1.82, 2.24) is 0 Å². The number of ether oxygens (including phenoxy) is 2. The van der Waals surface area contributed by atoms with Gasteiger partial charge in [0.25, 0.3) is 10.1 Å². The summed E-state index contributed by atoms with van der Waals surface area (Å²) >= 11 is 0. The first kappa shape index (κ1) is 15.1. The summed E-state index contributed by atoms with van der Waals surface area (Å²) in [5.74, 6) is -1.81. The largest absolute Gasteiger partial charge is 0.348 e. The van der Waals surface area contributed by atoms with Crippen molar-refractivity contribution in [3.05, 3.63) is 0 Å². The molecule has 8 heteroatoms. The fourth-order valence-corrected chi connectivity index (χ4v) is 4.33. The van der Waals surface area contributed by atoms with Crippen LogP contribution in [0.4, 0.5) is 0 Å². The van der Waals surface area contributed by atoms with Gasteiger partial charge in [-0.25, -0.2) is 0 Å². The van der Waals surface area contributed by atoms with E-state index in [1.165, 1.54) is 13.3 Å². The van der Waals surface area contributed by atoms with Crippen LogP contribution in [0, 0.1) is 0 Å². The van der Waals surface area contributed by atoms with Crippen molar-refractivity contribution in [3.8, 4) is 0 Å². The molecule has 6 nitrogen and oxygen atoms in total. The third-order valence-electron chi connectivity index (χ3n) is 2.23. The van der Waals surface area contributed by atoms with Crippen LogP contribution in [0.2, 0.25) is 0 Å². The molecular formula is C9H19O6PS. The summed E-state index contributed by atoms with van der Waals surface area (Å²) in [6.07, 6.45) is 0.289. The van der Waals surface area contributed by atoms with Crippen molar-refractivity contribution in [2.45, 2.75) is 31.6 Å². The average Bonchev–Trinajstić information content (AvgIpc) is 2.38. The van der Waals surface area contributed by atoms with Gasteiger partial charge in [0.15, 0.2) is 11.6 Å². The van der Waals surface area contributed by atoms with E-state index < -0.39 is 35.0 Å². The van der Waals surface area contributed by atoms with E-state index in [0.29, 0.717) is 0 Å². The van der Waals surface area contributed by atoms with Crippen LogP contribution in [0.3, 0.4) is 0 Å².